The van der Waals surface area contributed by atoms with Gasteiger partial charge in [0.05, 0.1) is 23.5 Å². The van der Waals surface area contributed by atoms with Gasteiger partial charge >= 0.3 is 0 Å². The number of nitrogens with zero attached hydrogens (tertiary/aromatic N) is 2. The minimum absolute atomic E-state index is 0.0719. The minimum Gasteiger partial charge on any atom is -0.265 e. The van der Waals surface area contributed by atoms with Crippen LogP contribution in [0.25, 0.3) is 0 Å². The predicted molar refractivity (Wildman–Crippen MR) is 59.4 cm³/mol. The van der Waals surface area contributed by atoms with Crippen LogP contribution >= 0.6 is 0 Å². The average Bonchev–Trinajstić information content (AvgIpc) is 2.62. The molecule has 2 atom stereocenters. The molecule has 5 heteroatoms. The molecule has 0 radical (unpaired) electrons. The van der Waals surface area contributed by atoms with Gasteiger partial charge in [-0.1, -0.05) is 0 Å². The van der Waals surface area contributed by atoms with Crippen molar-refractivity contribution in [2.24, 2.45) is 5.92 Å². The smallest absolute Gasteiger partial charge is 0.150 e. The lowest BCUT2D eigenvalue weighted by Gasteiger charge is -2.14. The van der Waals surface area contributed by atoms with E-state index >= 15 is 0 Å². The number of aromatic nitrogens is 1. The lowest BCUT2D eigenvalue weighted by Crippen LogP contribution is -2.13. The summed E-state index contributed by atoms with van der Waals surface area (Å²) in [5.74, 6) is -0.0632. The standard InChI is InChI=1S/C11H12N2O2S/c12-7-11(9-1-4-13-5-2-9)10-3-6-16(14,15)8-10/h1-2,4-5,10-11H,3,6,8H2. The molecular formula is C11H12N2O2S. The maximum Gasteiger partial charge on any atom is 0.150 e. The zero-order valence-corrected chi connectivity index (χ0v) is 9.52. The van der Waals surface area contributed by atoms with E-state index in [1.807, 2.05) is 0 Å². The van der Waals surface area contributed by atoms with Crippen molar-refractivity contribution < 1.29 is 8.42 Å². The van der Waals surface area contributed by atoms with Gasteiger partial charge < -0.3 is 0 Å². The predicted octanol–water partition coefficient (Wildman–Crippen LogP) is 1.12. The second-order valence-corrected chi connectivity index (χ2v) is 6.28. The van der Waals surface area contributed by atoms with E-state index in [0.29, 0.717) is 6.42 Å². The third-order valence-electron chi connectivity index (χ3n) is 2.94. The molecule has 84 valence electrons. The quantitative estimate of drug-likeness (QED) is 0.771. The van der Waals surface area contributed by atoms with E-state index in [1.165, 1.54) is 0 Å². The topological polar surface area (TPSA) is 70.8 Å². The van der Waals surface area contributed by atoms with E-state index in [-0.39, 0.29) is 23.3 Å². The maximum absolute atomic E-state index is 11.4. The average molecular weight is 236 g/mol. The summed E-state index contributed by atoms with van der Waals surface area (Å²) < 4.78 is 22.7. The highest BCUT2D eigenvalue weighted by molar-refractivity contribution is 7.91. The molecule has 0 aliphatic carbocycles. The zero-order chi connectivity index (χ0) is 11.6. The minimum atomic E-state index is -2.93. The summed E-state index contributed by atoms with van der Waals surface area (Å²) >= 11 is 0. The van der Waals surface area contributed by atoms with Gasteiger partial charge in [0.25, 0.3) is 0 Å². The van der Waals surface area contributed by atoms with E-state index in [0.717, 1.165) is 5.56 Å². The summed E-state index contributed by atoms with van der Waals surface area (Å²) in [6.07, 6.45) is 3.84. The molecule has 0 N–H and O–H groups in total. The van der Waals surface area contributed by atoms with E-state index in [9.17, 15) is 8.42 Å². The summed E-state index contributed by atoms with van der Waals surface area (Å²) in [4.78, 5) is 3.89. The number of sulfone groups is 1. The fourth-order valence-electron chi connectivity index (χ4n) is 2.11. The Morgan fingerprint density at radius 1 is 1.44 bits per heavy atom. The molecule has 1 fully saturated rings. The van der Waals surface area contributed by atoms with E-state index in [2.05, 4.69) is 11.1 Å². The Morgan fingerprint density at radius 3 is 2.62 bits per heavy atom. The van der Waals surface area contributed by atoms with Gasteiger partial charge in [-0.3, -0.25) is 4.98 Å². The highest BCUT2D eigenvalue weighted by atomic mass is 32.2. The lowest BCUT2D eigenvalue weighted by atomic mass is 9.87. The van der Waals surface area contributed by atoms with Crippen LogP contribution in [0.1, 0.15) is 17.9 Å². The van der Waals surface area contributed by atoms with Crippen molar-refractivity contribution in [2.75, 3.05) is 11.5 Å². The Hall–Kier alpha value is -1.41. The van der Waals surface area contributed by atoms with Crippen LogP contribution in [-0.2, 0) is 9.84 Å². The van der Waals surface area contributed by atoms with Gasteiger partial charge in [0.2, 0.25) is 0 Å². The van der Waals surface area contributed by atoms with Crippen molar-refractivity contribution in [2.45, 2.75) is 12.3 Å². The largest absolute Gasteiger partial charge is 0.265 e. The second-order valence-electron chi connectivity index (χ2n) is 4.05. The number of nitriles is 1. The van der Waals surface area contributed by atoms with Crippen LogP contribution in [-0.4, -0.2) is 24.9 Å². The molecule has 2 unspecified atom stereocenters. The highest BCUT2D eigenvalue weighted by Crippen LogP contribution is 2.32. The molecule has 2 heterocycles. The first-order valence-corrected chi connectivity index (χ1v) is 6.94. The number of pyridine rings is 1. The zero-order valence-electron chi connectivity index (χ0n) is 8.70. The summed E-state index contributed by atoms with van der Waals surface area (Å²) in [6, 6.07) is 5.76. The molecular weight excluding hydrogens is 224 g/mol. The van der Waals surface area contributed by atoms with Crippen molar-refractivity contribution in [1.82, 2.24) is 4.98 Å². The molecule has 0 aromatic carbocycles. The molecule has 1 aromatic rings. The Morgan fingerprint density at radius 2 is 2.12 bits per heavy atom. The first-order valence-electron chi connectivity index (χ1n) is 5.12. The van der Waals surface area contributed by atoms with Crippen LogP contribution in [0.3, 0.4) is 0 Å². The fourth-order valence-corrected chi connectivity index (χ4v) is 3.95. The number of hydrogen-bond donors (Lipinski definition) is 0. The first kappa shape index (κ1) is 11.1. The van der Waals surface area contributed by atoms with Gasteiger partial charge in [0.1, 0.15) is 0 Å². The molecule has 1 aromatic heterocycles. The van der Waals surface area contributed by atoms with Gasteiger partial charge in [-0.25, -0.2) is 8.42 Å². The molecule has 2 rings (SSSR count). The summed E-state index contributed by atoms with van der Waals surface area (Å²) in [5, 5.41) is 9.14. The van der Waals surface area contributed by atoms with Gasteiger partial charge in [0.15, 0.2) is 9.84 Å². The summed E-state index contributed by atoms with van der Waals surface area (Å²) in [6.45, 7) is 0. The third-order valence-corrected chi connectivity index (χ3v) is 4.74. The molecule has 1 saturated heterocycles. The molecule has 16 heavy (non-hydrogen) atoms. The van der Waals surface area contributed by atoms with Gasteiger partial charge in [-0.2, -0.15) is 5.26 Å². The van der Waals surface area contributed by atoms with Crippen molar-refractivity contribution in [3.63, 3.8) is 0 Å². The van der Waals surface area contributed by atoms with Crippen LogP contribution < -0.4 is 0 Å². The van der Waals surface area contributed by atoms with Gasteiger partial charge in [0, 0.05) is 12.4 Å². The molecule has 0 spiro atoms. The second kappa shape index (κ2) is 4.22. The molecule has 0 saturated carbocycles. The molecule has 0 amide bonds. The summed E-state index contributed by atoms with van der Waals surface area (Å²) in [7, 11) is -2.93. The van der Waals surface area contributed by atoms with Crippen LogP contribution in [0.5, 0.6) is 0 Å². The number of hydrogen-bond acceptors (Lipinski definition) is 4. The molecule has 1 aliphatic heterocycles. The molecule has 0 bridgehead atoms. The molecule has 1 aliphatic rings. The normalized spacial score (nSPS) is 24.8. The Labute approximate surface area is 94.9 Å². The number of rotatable bonds is 2. The van der Waals surface area contributed by atoms with Gasteiger partial charge in [-0.05, 0) is 30.0 Å². The van der Waals surface area contributed by atoms with Crippen molar-refractivity contribution in [3.05, 3.63) is 30.1 Å². The van der Waals surface area contributed by atoms with Crippen LogP contribution in [0.4, 0.5) is 0 Å². The SMILES string of the molecule is N#CC(c1ccncc1)C1CCS(=O)(=O)C1. The lowest BCUT2D eigenvalue weighted by molar-refractivity contribution is 0.541. The van der Waals surface area contributed by atoms with Crippen molar-refractivity contribution in [1.29, 1.82) is 5.26 Å². The van der Waals surface area contributed by atoms with E-state index in [1.54, 1.807) is 24.5 Å². The Balaban J connectivity index is 2.23. The Kier molecular flexibility index (Phi) is 2.92. The van der Waals surface area contributed by atoms with Crippen LogP contribution in [0.2, 0.25) is 0 Å². The van der Waals surface area contributed by atoms with Crippen molar-refractivity contribution in [3.8, 4) is 6.07 Å². The van der Waals surface area contributed by atoms with Crippen LogP contribution in [0, 0.1) is 17.2 Å². The molecule has 4 nitrogen and oxygen atoms in total. The van der Waals surface area contributed by atoms with E-state index in [4.69, 9.17) is 5.26 Å². The highest BCUT2D eigenvalue weighted by Gasteiger charge is 2.34. The monoisotopic (exact) mass is 236 g/mol. The fraction of sp³-hybridized carbons (Fsp3) is 0.455. The Bertz CT molecular complexity index is 505. The summed E-state index contributed by atoms with van der Waals surface area (Å²) in [5.41, 5.74) is 0.861. The van der Waals surface area contributed by atoms with E-state index < -0.39 is 9.84 Å². The third kappa shape index (κ3) is 2.22. The van der Waals surface area contributed by atoms with Gasteiger partial charge in [-0.15, -0.1) is 0 Å². The maximum atomic E-state index is 11.4. The van der Waals surface area contributed by atoms with Crippen LogP contribution in [0.15, 0.2) is 24.5 Å². The first-order chi connectivity index (χ1) is 7.62. The van der Waals surface area contributed by atoms with Crippen molar-refractivity contribution >= 4 is 9.84 Å².